The molecule has 2 heterocycles. The topological polar surface area (TPSA) is 123 Å². The molecule has 0 aliphatic carbocycles. The van der Waals surface area contributed by atoms with E-state index in [1.807, 2.05) is 58.0 Å². The Morgan fingerprint density at radius 2 is 1.79 bits per heavy atom. The van der Waals surface area contributed by atoms with Crippen LogP contribution < -0.4 is 14.8 Å². The molecule has 0 aliphatic rings. The number of thiophene rings is 1. The largest absolute Gasteiger partial charge is 0.493 e. The maximum Gasteiger partial charge on any atom is 0.410 e. The Kier molecular flexibility index (Phi) is 12.0. The number of ether oxygens (including phenoxy) is 3. The summed E-state index contributed by atoms with van der Waals surface area (Å²) in [6, 6.07) is 14.0. The first-order chi connectivity index (χ1) is 22.3. The molecule has 11 heteroatoms. The third-order valence-electron chi connectivity index (χ3n) is 7.48. The minimum atomic E-state index is -0.759. The predicted molar refractivity (Wildman–Crippen MR) is 187 cm³/mol. The van der Waals surface area contributed by atoms with E-state index in [9.17, 15) is 9.59 Å². The Bertz CT molecular complexity index is 1680. The highest BCUT2D eigenvalue weighted by Gasteiger charge is 2.21. The number of amides is 1. The Hall–Kier alpha value is -4.38. The van der Waals surface area contributed by atoms with Gasteiger partial charge in [0, 0.05) is 36.3 Å². The van der Waals surface area contributed by atoms with Crippen molar-refractivity contribution in [3.05, 3.63) is 64.1 Å². The van der Waals surface area contributed by atoms with Crippen LogP contribution in [-0.2, 0) is 16.1 Å². The number of anilines is 1. The van der Waals surface area contributed by atoms with Crippen molar-refractivity contribution in [2.75, 3.05) is 26.1 Å². The van der Waals surface area contributed by atoms with E-state index in [2.05, 4.69) is 34.7 Å². The molecular weight excluding hydrogens is 616 g/mol. The van der Waals surface area contributed by atoms with E-state index in [4.69, 9.17) is 24.3 Å². The van der Waals surface area contributed by atoms with E-state index < -0.39 is 11.6 Å². The predicted octanol–water partition coefficient (Wildman–Crippen LogP) is 8.63. The van der Waals surface area contributed by atoms with Gasteiger partial charge in [0.15, 0.2) is 11.5 Å². The van der Waals surface area contributed by atoms with Crippen LogP contribution in [0.1, 0.15) is 82.1 Å². The third kappa shape index (κ3) is 10.1. The number of aromatic nitrogens is 2. The number of hydrogen-bond acceptors (Lipinski definition) is 9. The number of rotatable bonds is 15. The van der Waals surface area contributed by atoms with Gasteiger partial charge in [-0.15, -0.1) is 11.3 Å². The maximum atomic E-state index is 12.6. The molecular formula is C36H46N4O6S. The third-order valence-corrected chi connectivity index (χ3v) is 8.59. The van der Waals surface area contributed by atoms with Crippen LogP contribution in [0, 0.1) is 6.92 Å². The second-order valence-electron chi connectivity index (χ2n) is 12.6. The van der Waals surface area contributed by atoms with Gasteiger partial charge >= 0.3 is 12.1 Å². The zero-order valence-electron chi connectivity index (χ0n) is 28.4. The standard InChI is InChI=1S/C36H46N4O6S/c1-23(32-18-26(22-47-32)27-15-12-11-14-25(27)21-40(6)35(43)46-36(3,4)5)37-34-28-19-30(44-7)31(20-29(28)38-24(2)39-34)45-17-13-9-8-10-16-33(41)42/h11-12,14-15,18-20,22-23H,8-10,13,16-17,21H2,1-7H3,(H,41,42)(H,37,38,39). The van der Waals surface area contributed by atoms with Crippen molar-refractivity contribution >= 4 is 40.1 Å². The molecule has 252 valence electrons. The summed E-state index contributed by atoms with van der Waals surface area (Å²) in [5.74, 6) is 1.79. The van der Waals surface area contributed by atoms with Crippen molar-refractivity contribution in [2.24, 2.45) is 0 Å². The summed E-state index contributed by atoms with van der Waals surface area (Å²) in [4.78, 5) is 35.5. The summed E-state index contributed by atoms with van der Waals surface area (Å²) in [7, 11) is 3.36. The van der Waals surface area contributed by atoms with Crippen molar-refractivity contribution in [1.82, 2.24) is 14.9 Å². The van der Waals surface area contributed by atoms with E-state index in [0.29, 0.717) is 42.7 Å². The first kappa shape index (κ1) is 35.5. The normalized spacial score (nSPS) is 12.1. The number of benzene rings is 2. The van der Waals surface area contributed by atoms with Crippen molar-refractivity contribution < 1.29 is 28.9 Å². The molecule has 47 heavy (non-hydrogen) atoms. The van der Waals surface area contributed by atoms with Gasteiger partial charge in [0.05, 0.1) is 25.3 Å². The van der Waals surface area contributed by atoms with Crippen LogP contribution in [0.25, 0.3) is 22.0 Å². The Morgan fingerprint density at radius 3 is 2.51 bits per heavy atom. The van der Waals surface area contributed by atoms with Gasteiger partial charge in [-0.3, -0.25) is 4.79 Å². The molecule has 0 radical (unpaired) electrons. The lowest BCUT2D eigenvalue weighted by molar-refractivity contribution is -0.137. The number of carbonyl (C=O) groups is 2. The second kappa shape index (κ2) is 15.9. The minimum absolute atomic E-state index is 0.0501. The van der Waals surface area contributed by atoms with Crippen LogP contribution in [-0.4, -0.2) is 58.4 Å². The summed E-state index contributed by atoms with van der Waals surface area (Å²) in [5.41, 5.74) is 3.38. The average Bonchev–Trinajstić information content (AvgIpc) is 3.50. The molecule has 0 saturated heterocycles. The lowest BCUT2D eigenvalue weighted by atomic mass is 10.0. The molecule has 10 nitrogen and oxygen atoms in total. The molecule has 1 atom stereocenters. The van der Waals surface area contributed by atoms with Crippen molar-refractivity contribution in [3.8, 4) is 22.6 Å². The molecule has 2 N–H and O–H groups in total. The molecule has 1 unspecified atom stereocenters. The molecule has 4 rings (SSSR count). The number of nitrogens with zero attached hydrogens (tertiary/aromatic N) is 3. The van der Waals surface area contributed by atoms with Crippen molar-refractivity contribution in [1.29, 1.82) is 0 Å². The summed E-state index contributed by atoms with van der Waals surface area (Å²) in [6.07, 6.45) is 3.09. The Morgan fingerprint density at radius 1 is 1.04 bits per heavy atom. The zero-order chi connectivity index (χ0) is 34.1. The first-order valence-electron chi connectivity index (χ1n) is 15.9. The van der Waals surface area contributed by atoms with Crippen molar-refractivity contribution in [3.63, 3.8) is 0 Å². The number of hydrogen-bond donors (Lipinski definition) is 2. The van der Waals surface area contributed by atoms with Gasteiger partial charge in [0.2, 0.25) is 0 Å². The van der Waals surface area contributed by atoms with Gasteiger partial charge < -0.3 is 29.5 Å². The van der Waals surface area contributed by atoms with Gasteiger partial charge in [0.1, 0.15) is 17.2 Å². The van der Waals surface area contributed by atoms with Gasteiger partial charge in [-0.05, 0) is 81.7 Å². The molecule has 2 aromatic carbocycles. The lowest BCUT2D eigenvalue weighted by Crippen LogP contribution is -2.33. The Labute approximate surface area is 281 Å². The van der Waals surface area contributed by atoms with Crippen LogP contribution in [0.5, 0.6) is 11.5 Å². The molecule has 2 aromatic heterocycles. The number of unbranched alkanes of at least 4 members (excludes halogenated alkanes) is 3. The van der Waals surface area contributed by atoms with Gasteiger partial charge in [0.25, 0.3) is 0 Å². The molecule has 1 amide bonds. The second-order valence-corrected chi connectivity index (χ2v) is 13.6. The minimum Gasteiger partial charge on any atom is -0.493 e. The van der Waals surface area contributed by atoms with E-state index in [0.717, 1.165) is 51.7 Å². The smallest absolute Gasteiger partial charge is 0.410 e. The van der Waals surface area contributed by atoms with Gasteiger partial charge in [-0.25, -0.2) is 14.8 Å². The number of nitrogens with one attached hydrogen (secondary N) is 1. The van der Waals surface area contributed by atoms with Crippen LogP contribution >= 0.6 is 11.3 Å². The number of carbonyl (C=O) groups excluding carboxylic acids is 1. The highest BCUT2D eigenvalue weighted by Crippen LogP contribution is 2.37. The molecule has 0 spiro atoms. The zero-order valence-corrected chi connectivity index (χ0v) is 29.2. The molecule has 4 aromatic rings. The van der Waals surface area contributed by atoms with Crippen LogP contribution in [0.4, 0.5) is 10.6 Å². The van der Waals surface area contributed by atoms with Crippen LogP contribution in [0.2, 0.25) is 0 Å². The number of fused-ring (bicyclic) bond motifs is 1. The lowest BCUT2D eigenvalue weighted by Gasteiger charge is -2.25. The van der Waals surface area contributed by atoms with Gasteiger partial charge in [-0.2, -0.15) is 0 Å². The van der Waals surface area contributed by atoms with Crippen LogP contribution in [0.3, 0.4) is 0 Å². The fraction of sp³-hybridized carbons (Fsp3) is 0.444. The van der Waals surface area contributed by atoms with E-state index in [1.54, 1.807) is 30.4 Å². The molecule has 0 aliphatic heterocycles. The number of methoxy groups -OCH3 is 1. The highest BCUT2D eigenvalue weighted by molar-refractivity contribution is 7.10. The highest BCUT2D eigenvalue weighted by atomic mass is 32.1. The SMILES string of the molecule is COc1cc2c(NC(C)c3cc(-c4ccccc4CN(C)C(=O)OC(C)(C)C)cs3)nc(C)nc2cc1OCCCCCCC(=O)O. The quantitative estimate of drug-likeness (QED) is 0.120. The summed E-state index contributed by atoms with van der Waals surface area (Å²) >= 11 is 1.67. The van der Waals surface area contributed by atoms with Gasteiger partial charge in [-0.1, -0.05) is 37.1 Å². The molecule has 0 saturated carbocycles. The van der Waals surface area contributed by atoms with E-state index >= 15 is 0 Å². The molecule has 0 fully saturated rings. The number of aryl methyl sites for hydroxylation is 1. The summed E-state index contributed by atoms with van der Waals surface area (Å²) < 4.78 is 17.3. The summed E-state index contributed by atoms with van der Waals surface area (Å²) in [5, 5.41) is 15.4. The number of carboxylic acid groups (broad SMARTS) is 1. The first-order valence-corrected chi connectivity index (χ1v) is 16.8. The van der Waals surface area contributed by atoms with E-state index in [-0.39, 0.29) is 18.6 Å². The summed E-state index contributed by atoms with van der Waals surface area (Å²) in [6.45, 7) is 10.5. The van der Waals surface area contributed by atoms with Crippen LogP contribution in [0.15, 0.2) is 47.8 Å². The Balaban J connectivity index is 1.48. The fourth-order valence-corrected chi connectivity index (χ4v) is 6.06. The fourth-order valence-electron chi connectivity index (χ4n) is 5.15. The average molecular weight is 663 g/mol. The monoisotopic (exact) mass is 662 g/mol. The number of aliphatic carboxylic acids is 1. The van der Waals surface area contributed by atoms with E-state index in [1.165, 1.54) is 0 Å². The number of carboxylic acids is 1. The maximum absolute atomic E-state index is 12.6. The molecule has 0 bridgehead atoms. The van der Waals surface area contributed by atoms with Crippen molar-refractivity contribution in [2.45, 2.75) is 84.9 Å².